The van der Waals surface area contributed by atoms with Gasteiger partial charge in [0, 0.05) is 37.4 Å². The lowest BCUT2D eigenvalue weighted by Crippen LogP contribution is -2.36. The van der Waals surface area contributed by atoms with Crippen LogP contribution in [0.2, 0.25) is 0 Å². The van der Waals surface area contributed by atoms with E-state index in [-0.39, 0.29) is 6.04 Å². The molecule has 0 radical (unpaired) electrons. The molecule has 0 aliphatic carbocycles. The second kappa shape index (κ2) is 7.40. The molecule has 1 N–H and O–H groups in total. The molecule has 6 nitrogen and oxygen atoms in total. The van der Waals surface area contributed by atoms with E-state index >= 15 is 0 Å². The Morgan fingerprint density at radius 2 is 2.00 bits per heavy atom. The van der Waals surface area contributed by atoms with E-state index < -0.39 is 0 Å². The van der Waals surface area contributed by atoms with Crippen molar-refractivity contribution < 1.29 is 9.47 Å². The third-order valence-corrected chi connectivity index (χ3v) is 5.10. The van der Waals surface area contributed by atoms with Crippen LogP contribution in [0.25, 0.3) is 0 Å². The van der Waals surface area contributed by atoms with Gasteiger partial charge in [-0.1, -0.05) is 6.07 Å². The summed E-state index contributed by atoms with van der Waals surface area (Å²) in [6, 6.07) is 8.44. The Morgan fingerprint density at radius 3 is 2.67 bits per heavy atom. The van der Waals surface area contributed by atoms with Gasteiger partial charge in [0.05, 0.1) is 20.3 Å². The highest BCUT2D eigenvalue weighted by Crippen LogP contribution is 2.41. The van der Waals surface area contributed by atoms with Gasteiger partial charge in [-0.2, -0.15) is 0 Å². The molecule has 4 rings (SSSR count). The molecule has 1 aliphatic rings. The van der Waals surface area contributed by atoms with E-state index in [2.05, 4.69) is 38.1 Å². The number of nitrogens with one attached hydrogen (secondary N) is 1. The van der Waals surface area contributed by atoms with Gasteiger partial charge < -0.3 is 14.5 Å². The van der Waals surface area contributed by atoms with E-state index in [0.29, 0.717) is 0 Å². The minimum Gasteiger partial charge on any atom is -0.493 e. The molecule has 0 bridgehead atoms. The van der Waals surface area contributed by atoms with Gasteiger partial charge in [0.25, 0.3) is 0 Å². The number of nitrogens with zero attached hydrogens (tertiary/aromatic N) is 3. The minimum atomic E-state index is 0.103. The zero-order valence-corrected chi connectivity index (χ0v) is 15.9. The molecular formula is C21H24N4O2. The van der Waals surface area contributed by atoms with E-state index in [4.69, 9.17) is 9.47 Å². The van der Waals surface area contributed by atoms with Crippen LogP contribution < -0.4 is 9.47 Å². The highest BCUT2D eigenvalue weighted by molar-refractivity contribution is 5.51. The van der Waals surface area contributed by atoms with Crippen LogP contribution in [0.3, 0.4) is 0 Å². The molecule has 0 amide bonds. The van der Waals surface area contributed by atoms with Gasteiger partial charge in [-0.15, -0.1) is 0 Å². The summed E-state index contributed by atoms with van der Waals surface area (Å²) in [7, 11) is 3.36. The van der Waals surface area contributed by atoms with Crippen molar-refractivity contribution >= 4 is 0 Å². The van der Waals surface area contributed by atoms with Crippen LogP contribution in [-0.4, -0.2) is 40.6 Å². The van der Waals surface area contributed by atoms with E-state index in [0.717, 1.165) is 42.5 Å². The van der Waals surface area contributed by atoms with Crippen molar-refractivity contribution in [2.75, 3.05) is 20.8 Å². The summed E-state index contributed by atoms with van der Waals surface area (Å²) in [5.41, 5.74) is 4.81. The largest absolute Gasteiger partial charge is 0.493 e. The molecule has 1 aliphatic heterocycles. The van der Waals surface area contributed by atoms with Gasteiger partial charge >= 0.3 is 0 Å². The lowest BCUT2D eigenvalue weighted by Gasteiger charge is -2.37. The van der Waals surface area contributed by atoms with Gasteiger partial charge in [-0.25, -0.2) is 4.98 Å². The van der Waals surface area contributed by atoms with Crippen LogP contribution >= 0.6 is 0 Å². The SMILES string of the molecule is COc1cc2c(cc1OC)[C@@H](c1cccnc1)N(Cc1cnc(C)[nH]1)CC2. The van der Waals surface area contributed by atoms with Crippen LogP contribution in [0.15, 0.2) is 42.9 Å². The standard InChI is InChI=1S/C21H24N4O2/c1-14-23-12-17(24-14)13-25-8-6-15-9-19(26-2)20(27-3)10-18(15)21(25)16-5-4-7-22-11-16/h4-5,7,9-12,21H,6,8,13H2,1-3H3,(H,23,24)/t21-/m1/s1. The van der Waals surface area contributed by atoms with Crippen molar-refractivity contribution in [3.63, 3.8) is 0 Å². The summed E-state index contributed by atoms with van der Waals surface area (Å²) >= 11 is 0. The number of ether oxygens (including phenoxy) is 2. The normalized spacial score (nSPS) is 16.8. The average Bonchev–Trinajstić information content (AvgIpc) is 3.12. The van der Waals surface area contributed by atoms with Gasteiger partial charge in [-0.3, -0.25) is 9.88 Å². The van der Waals surface area contributed by atoms with Crippen LogP contribution in [0.4, 0.5) is 0 Å². The molecule has 0 fully saturated rings. The lowest BCUT2D eigenvalue weighted by molar-refractivity contribution is 0.201. The molecule has 1 atom stereocenters. The van der Waals surface area contributed by atoms with Crippen molar-refractivity contribution in [1.82, 2.24) is 19.9 Å². The predicted octanol–water partition coefficient (Wildman–Crippen LogP) is 3.28. The summed E-state index contributed by atoms with van der Waals surface area (Å²) in [5.74, 6) is 2.47. The Hall–Kier alpha value is -2.86. The van der Waals surface area contributed by atoms with Crippen molar-refractivity contribution in [2.45, 2.75) is 25.9 Å². The molecule has 3 aromatic rings. The molecule has 140 valence electrons. The zero-order chi connectivity index (χ0) is 18.8. The smallest absolute Gasteiger partial charge is 0.161 e. The summed E-state index contributed by atoms with van der Waals surface area (Å²) in [6.07, 6.45) is 6.63. The highest BCUT2D eigenvalue weighted by Gasteiger charge is 2.30. The molecule has 3 heterocycles. The van der Waals surface area contributed by atoms with E-state index in [1.54, 1.807) is 14.2 Å². The first-order chi connectivity index (χ1) is 13.2. The number of aromatic amines is 1. The Labute approximate surface area is 159 Å². The first kappa shape index (κ1) is 17.5. The van der Waals surface area contributed by atoms with Gasteiger partial charge in [0.15, 0.2) is 11.5 Å². The number of benzene rings is 1. The Bertz CT molecular complexity index is 923. The Balaban J connectivity index is 1.78. The lowest BCUT2D eigenvalue weighted by atomic mass is 9.88. The van der Waals surface area contributed by atoms with E-state index in [1.165, 1.54) is 16.7 Å². The first-order valence-electron chi connectivity index (χ1n) is 9.09. The summed E-state index contributed by atoms with van der Waals surface area (Å²) in [5, 5.41) is 0. The van der Waals surface area contributed by atoms with Crippen LogP contribution in [0, 0.1) is 6.92 Å². The molecule has 0 saturated heterocycles. The Kier molecular flexibility index (Phi) is 4.81. The number of methoxy groups -OCH3 is 2. The molecule has 2 aromatic heterocycles. The van der Waals surface area contributed by atoms with Crippen LogP contribution in [0.1, 0.15) is 34.3 Å². The van der Waals surface area contributed by atoms with Crippen LogP contribution in [-0.2, 0) is 13.0 Å². The third kappa shape index (κ3) is 3.40. The monoisotopic (exact) mass is 364 g/mol. The van der Waals surface area contributed by atoms with Crippen molar-refractivity contribution in [3.05, 3.63) is 71.1 Å². The van der Waals surface area contributed by atoms with Gasteiger partial charge in [-0.05, 0) is 48.2 Å². The molecule has 6 heteroatoms. The fourth-order valence-corrected chi connectivity index (χ4v) is 3.87. The van der Waals surface area contributed by atoms with E-state index in [9.17, 15) is 0 Å². The topological polar surface area (TPSA) is 63.3 Å². The third-order valence-electron chi connectivity index (χ3n) is 5.10. The maximum atomic E-state index is 5.57. The molecule has 27 heavy (non-hydrogen) atoms. The number of aryl methyl sites for hydroxylation is 1. The molecule has 0 unspecified atom stereocenters. The number of fused-ring (bicyclic) bond motifs is 1. The number of aromatic nitrogens is 3. The summed E-state index contributed by atoms with van der Waals surface area (Å²) in [4.78, 5) is 14.5. The maximum absolute atomic E-state index is 5.57. The molecular weight excluding hydrogens is 340 g/mol. The number of rotatable bonds is 5. The fraction of sp³-hybridized carbons (Fsp3) is 0.333. The average molecular weight is 364 g/mol. The Morgan fingerprint density at radius 1 is 1.19 bits per heavy atom. The van der Waals surface area contributed by atoms with Crippen LogP contribution in [0.5, 0.6) is 11.5 Å². The molecule has 0 spiro atoms. The number of H-pyrrole nitrogens is 1. The van der Waals surface area contributed by atoms with Crippen molar-refractivity contribution in [2.24, 2.45) is 0 Å². The molecule has 0 saturated carbocycles. The van der Waals surface area contributed by atoms with Gasteiger partial charge in [0.1, 0.15) is 5.82 Å². The number of hydrogen-bond acceptors (Lipinski definition) is 5. The summed E-state index contributed by atoms with van der Waals surface area (Å²) < 4.78 is 11.1. The molecule has 1 aromatic carbocycles. The second-order valence-corrected chi connectivity index (χ2v) is 6.81. The van der Waals surface area contributed by atoms with Crippen molar-refractivity contribution in [3.8, 4) is 11.5 Å². The quantitative estimate of drug-likeness (QED) is 0.753. The number of imidazole rings is 1. The minimum absolute atomic E-state index is 0.103. The highest BCUT2D eigenvalue weighted by atomic mass is 16.5. The summed E-state index contributed by atoms with van der Waals surface area (Å²) in [6.45, 7) is 3.72. The fourth-order valence-electron chi connectivity index (χ4n) is 3.87. The first-order valence-corrected chi connectivity index (χ1v) is 9.09. The maximum Gasteiger partial charge on any atom is 0.161 e. The number of hydrogen-bond donors (Lipinski definition) is 1. The zero-order valence-electron chi connectivity index (χ0n) is 15.9. The van der Waals surface area contributed by atoms with Crippen molar-refractivity contribution in [1.29, 1.82) is 0 Å². The number of pyridine rings is 1. The van der Waals surface area contributed by atoms with E-state index in [1.807, 2.05) is 31.6 Å². The van der Waals surface area contributed by atoms with Gasteiger partial charge in [0.2, 0.25) is 0 Å². The second-order valence-electron chi connectivity index (χ2n) is 6.81. The predicted molar refractivity (Wildman–Crippen MR) is 103 cm³/mol.